The number of carbonyl (C=O) groups excluding carboxylic acids is 1. The van der Waals surface area contributed by atoms with Gasteiger partial charge in [0.05, 0.1) is 17.9 Å². The molecule has 13 nitrogen and oxygen atoms in total. The fourth-order valence-electron chi connectivity index (χ4n) is 4.54. The van der Waals surface area contributed by atoms with Gasteiger partial charge in [-0.3, -0.25) is 4.79 Å². The Balaban J connectivity index is 0.00000380. The Morgan fingerprint density at radius 1 is 1.11 bits per heavy atom. The van der Waals surface area contributed by atoms with Crippen molar-refractivity contribution in [3.63, 3.8) is 0 Å². The summed E-state index contributed by atoms with van der Waals surface area (Å²) in [6.07, 6.45) is -6.95. The van der Waals surface area contributed by atoms with Crippen LogP contribution in [0.3, 0.4) is 0 Å². The number of phenolic OH excluding ortho intramolecular Hbond substituents is 1. The van der Waals surface area contributed by atoms with Crippen LogP contribution in [0.1, 0.15) is 25.8 Å². The number of rotatable bonds is 6. The molecule has 14 heteroatoms. The van der Waals surface area contributed by atoms with Gasteiger partial charge in [-0.15, -0.1) is 0 Å². The van der Waals surface area contributed by atoms with Crippen LogP contribution in [0.2, 0.25) is 0 Å². The number of carbonyl (C=O) groups is 1. The first-order chi connectivity index (χ1) is 17.1. The van der Waals surface area contributed by atoms with Crippen molar-refractivity contribution in [2.45, 2.75) is 75.3 Å². The summed E-state index contributed by atoms with van der Waals surface area (Å²) in [4.78, 5) is 12.7. The summed E-state index contributed by atoms with van der Waals surface area (Å²) in [6.45, 7) is 2.87. The van der Waals surface area contributed by atoms with Gasteiger partial charge < -0.3 is 55.0 Å². The number of aromatic hydroxyl groups is 1. The summed E-state index contributed by atoms with van der Waals surface area (Å²) in [5.74, 6) is -0.763. The molecule has 1 radical (unpaired) electrons. The molecule has 4 rings (SSSR count). The number of aliphatic hydroxyl groups is 4. The number of nitrogens with zero attached hydrogens (tertiary/aromatic N) is 1. The monoisotopic (exact) mass is 599 g/mol. The minimum atomic E-state index is -1.47. The first-order valence-electron chi connectivity index (χ1n) is 11.4. The molecule has 3 aliphatic rings. The maximum atomic E-state index is 12.7. The van der Waals surface area contributed by atoms with Gasteiger partial charge in [0.2, 0.25) is 12.2 Å². The quantitative estimate of drug-likeness (QED) is 0.0899. The largest absolute Gasteiger partial charge is 0.504 e. The van der Waals surface area contributed by atoms with E-state index in [0.29, 0.717) is 5.56 Å². The van der Waals surface area contributed by atoms with Crippen LogP contribution in [0.4, 0.5) is 0 Å². The molecule has 7 N–H and O–H groups in total. The third-order valence-corrected chi connectivity index (χ3v) is 6.54. The van der Waals surface area contributed by atoms with E-state index in [0.717, 1.165) is 0 Å². The van der Waals surface area contributed by atoms with Crippen LogP contribution in [0, 0.1) is 0 Å². The van der Waals surface area contributed by atoms with Gasteiger partial charge in [-0.25, -0.2) is 0 Å². The van der Waals surface area contributed by atoms with E-state index < -0.39 is 61.0 Å². The maximum absolute atomic E-state index is 12.7. The number of fused-ring (bicyclic) bond motifs is 1. The van der Waals surface area contributed by atoms with E-state index in [1.54, 1.807) is 6.07 Å². The average Bonchev–Trinajstić information content (AvgIpc) is 3.48. The Bertz CT molecular complexity index is 1040. The minimum Gasteiger partial charge on any atom is -0.504 e. The molecular formula is C23H30N2O11Y. The number of aliphatic hydroxyl groups excluding tert-OH is 4. The predicted molar refractivity (Wildman–Crippen MR) is 121 cm³/mol. The van der Waals surface area contributed by atoms with Crippen molar-refractivity contribution in [2.24, 2.45) is 5.16 Å². The third kappa shape index (κ3) is 6.32. The van der Waals surface area contributed by atoms with E-state index >= 15 is 0 Å². The molecule has 9 atom stereocenters. The van der Waals surface area contributed by atoms with Crippen molar-refractivity contribution in [3.8, 4) is 11.5 Å². The molecular weight excluding hydrogens is 569 g/mol. The summed E-state index contributed by atoms with van der Waals surface area (Å²) in [5, 5.41) is 66.0. The molecule has 2 aliphatic heterocycles. The van der Waals surface area contributed by atoms with Crippen LogP contribution < -0.4 is 10.1 Å². The van der Waals surface area contributed by atoms with Gasteiger partial charge in [0, 0.05) is 44.7 Å². The smallest absolute Gasteiger partial charge is 0.247 e. The average molecular weight is 599 g/mol. The zero-order valence-electron chi connectivity index (χ0n) is 20.2. The molecule has 201 valence electrons. The Morgan fingerprint density at radius 3 is 2.43 bits per heavy atom. The molecule has 0 spiro atoms. The normalized spacial score (nSPS) is 36.0. The van der Waals surface area contributed by atoms with E-state index in [1.807, 2.05) is 0 Å². The minimum absolute atomic E-state index is 0. The van der Waals surface area contributed by atoms with Crippen LogP contribution in [0.15, 0.2) is 28.9 Å². The Morgan fingerprint density at radius 2 is 1.78 bits per heavy atom. The molecule has 0 bridgehead atoms. The van der Waals surface area contributed by atoms with Crippen molar-refractivity contribution in [2.75, 3.05) is 6.79 Å². The Labute approximate surface area is 237 Å². The number of phenols is 1. The summed E-state index contributed by atoms with van der Waals surface area (Å²) in [7, 11) is 0. The zero-order chi connectivity index (χ0) is 26.1. The van der Waals surface area contributed by atoms with Crippen LogP contribution in [0.5, 0.6) is 11.5 Å². The van der Waals surface area contributed by atoms with Crippen molar-refractivity contribution >= 4 is 17.7 Å². The van der Waals surface area contributed by atoms with Crippen LogP contribution >= 0.6 is 0 Å². The summed E-state index contributed by atoms with van der Waals surface area (Å²) in [5.41, 5.74) is 0.851. The van der Waals surface area contributed by atoms with E-state index in [4.69, 9.17) is 24.2 Å². The van der Waals surface area contributed by atoms with Gasteiger partial charge in [0.1, 0.15) is 43.4 Å². The number of benzene rings is 1. The van der Waals surface area contributed by atoms with Gasteiger partial charge in [-0.2, -0.15) is 0 Å². The van der Waals surface area contributed by atoms with Gasteiger partial charge in [-0.05, 0) is 37.6 Å². The van der Waals surface area contributed by atoms with Crippen molar-refractivity contribution in [3.05, 3.63) is 29.3 Å². The van der Waals surface area contributed by atoms with Crippen molar-refractivity contribution < 1.29 is 87.2 Å². The molecule has 2 heterocycles. The Hall–Kier alpha value is -1.68. The van der Waals surface area contributed by atoms with Crippen molar-refractivity contribution in [1.29, 1.82) is 0 Å². The fourth-order valence-corrected chi connectivity index (χ4v) is 4.54. The number of amides is 1. The number of ether oxygens (including phenoxy) is 4. The van der Waals surface area contributed by atoms with Crippen LogP contribution in [0.25, 0.3) is 6.08 Å². The summed E-state index contributed by atoms with van der Waals surface area (Å²) < 4.78 is 21.6. The summed E-state index contributed by atoms with van der Waals surface area (Å²) in [6, 6.07) is 3.22. The van der Waals surface area contributed by atoms with Gasteiger partial charge >= 0.3 is 0 Å². The molecule has 1 aromatic carbocycles. The van der Waals surface area contributed by atoms with E-state index in [2.05, 4.69) is 10.5 Å². The maximum Gasteiger partial charge on any atom is 0.247 e. The molecule has 3 fully saturated rings. The van der Waals surface area contributed by atoms with E-state index in [1.165, 1.54) is 32.1 Å². The van der Waals surface area contributed by atoms with Gasteiger partial charge in [-0.1, -0.05) is 11.2 Å². The van der Waals surface area contributed by atoms with Gasteiger partial charge in [0.15, 0.2) is 11.5 Å². The third-order valence-electron chi connectivity index (χ3n) is 6.54. The fraction of sp³-hybridized carbons (Fsp3) is 0.565. The van der Waals surface area contributed by atoms with Gasteiger partial charge in [0.25, 0.3) is 0 Å². The van der Waals surface area contributed by atoms with Crippen LogP contribution in [-0.4, -0.2) is 104 Å². The molecule has 2 saturated heterocycles. The molecule has 1 aliphatic carbocycles. The molecule has 1 amide bonds. The Kier molecular flexibility index (Phi) is 10.1. The SMILES string of the molecule is C/C(=N/O)[C@H]1O[C@@H](Oc2ccc(/C=C(\C)C(=O)N[C@@H]3[C@H](O)[C@@H](O)[C@H]4OCO[C@H]4[C@@H]3O)cc2O)C[C@@H]1O.[Y]. The van der Waals surface area contributed by atoms with E-state index in [-0.39, 0.29) is 68.7 Å². The van der Waals surface area contributed by atoms with E-state index in [9.17, 15) is 30.3 Å². The summed E-state index contributed by atoms with van der Waals surface area (Å²) >= 11 is 0. The molecule has 37 heavy (non-hydrogen) atoms. The predicted octanol–water partition coefficient (Wildman–Crippen LogP) is -1.18. The molecule has 0 unspecified atom stereocenters. The molecule has 1 aromatic rings. The zero-order valence-corrected chi connectivity index (χ0v) is 23.0. The first kappa shape index (κ1) is 29.9. The van der Waals surface area contributed by atoms with Crippen molar-refractivity contribution in [1.82, 2.24) is 5.32 Å². The topological polar surface area (TPSA) is 200 Å². The second kappa shape index (κ2) is 12.5. The second-order valence-corrected chi connectivity index (χ2v) is 9.05. The van der Waals surface area contributed by atoms with Crippen LogP contribution in [-0.2, 0) is 51.7 Å². The molecule has 1 saturated carbocycles. The number of nitrogens with one attached hydrogen (secondary N) is 1. The number of oxime groups is 1. The second-order valence-electron chi connectivity index (χ2n) is 9.05. The first-order valence-corrected chi connectivity index (χ1v) is 11.4. The number of hydrogen-bond donors (Lipinski definition) is 7. The molecule has 0 aromatic heterocycles. The number of hydrogen-bond acceptors (Lipinski definition) is 12. The standard InChI is InChI=1S/C23H30N2O11.Y/c1-9(23(31)24-16-17(28)19(30)22-21(18(16)29)33-8-34-22)5-11-3-4-14(12(26)6-11)35-15-7-13(27)20(36-15)10(2)25-32;/h3-6,13,15-22,26-30,32H,7-8H2,1-2H3,(H,24,31);/b9-5+,25-10-;/t13-,15+,16+,17-,18+,19+,20+,21-,22+;/m0./s1.